The largest absolute Gasteiger partial charge is 0.341 e. The van der Waals surface area contributed by atoms with Crippen molar-refractivity contribution in [2.45, 2.75) is 26.3 Å². The highest BCUT2D eigenvalue weighted by Gasteiger charge is 2.62. The Labute approximate surface area is 114 Å². The highest BCUT2D eigenvalue weighted by molar-refractivity contribution is 7.98. The SMILES string of the molecule is CSCC[C@H](N)C(=O)N1CC2C(C1)C2(C)C.Cl. The first kappa shape index (κ1) is 15.1. The number of amides is 1. The fraction of sp³-hybridized carbons (Fsp3) is 0.917. The number of halogens is 1. The van der Waals surface area contributed by atoms with E-state index in [1.807, 2.05) is 11.2 Å². The van der Waals surface area contributed by atoms with Crippen LogP contribution in [0.1, 0.15) is 20.3 Å². The van der Waals surface area contributed by atoms with Gasteiger partial charge in [0.2, 0.25) is 5.91 Å². The van der Waals surface area contributed by atoms with Crippen molar-refractivity contribution in [2.24, 2.45) is 23.0 Å². The molecule has 2 aliphatic rings. The predicted octanol–water partition coefficient (Wildman–Crippen LogP) is 1.60. The fourth-order valence-electron chi connectivity index (χ4n) is 2.91. The molecule has 2 N–H and O–H groups in total. The van der Waals surface area contributed by atoms with Crippen molar-refractivity contribution >= 4 is 30.1 Å². The van der Waals surface area contributed by atoms with E-state index in [1.165, 1.54) is 0 Å². The van der Waals surface area contributed by atoms with Crippen molar-refractivity contribution < 1.29 is 4.79 Å². The maximum atomic E-state index is 12.0. The molecule has 0 aromatic heterocycles. The van der Waals surface area contributed by atoms with Crippen LogP contribution in [-0.2, 0) is 4.79 Å². The first-order valence-corrected chi connectivity index (χ1v) is 7.41. The summed E-state index contributed by atoms with van der Waals surface area (Å²) < 4.78 is 0. The summed E-state index contributed by atoms with van der Waals surface area (Å²) in [6, 6.07) is -0.284. The fourth-order valence-corrected chi connectivity index (χ4v) is 3.40. The van der Waals surface area contributed by atoms with E-state index in [1.54, 1.807) is 11.8 Å². The van der Waals surface area contributed by atoms with Crippen LogP contribution in [0.4, 0.5) is 0 Å². The Morgan fingerprint density at radius 3 is 2.47 bits per heavy atom. The summed E-state index contributed by atoms with van der Waals surface area (Å²) in [6.45, 7) is 6.47. The molecule has 0 aromatic rings. The van der Waals surface area contributed by atoms with Gasteiger partial charge in [0.1, 0.15) is 0 Å². The minimum absolute atomic E-state index is 0. The van der Waals surface area contributed by atoms with Gasteiger partial charge in [-0.3, -0.25) is 4.79 Å². The quantitative estimate of drug-likeness (QED) is 0.850. The molecule has 2 fully saturated rings. The number of carbonyl (C=O) groups is 1. The number of thioether (sulfide) groups is 1. The highest BCUT2D eigenvalue weighted by Crippen LogP contribution is 2.61. The van der Waals surface area contributed by atoms with E-state index < -0.39 is 0 Å². The molecular weight excluding hydrogens is 256 g/mol. The standard InChI is InChI=1S/C12H22N2OS.ClH/c1-12(2)8-6-14(7-9(8)12)11(15)10(13)4-5-16-3;/h8-10H,4-7,13H2,1-3H3;1H/t8?,9?,10-;/m0./s1. The molecule has 1 heterocycles. The molecule has 1 amide bonds. The Kier molecular flexibility index (Phi) is 4.78. The first-order chi connectivity index (χ1) is 7.48. The molecule has 3 atom stereocenters. The van der Waals surface area contributed by atoms with E-state index in [-0.39, 0.29) is 24.4 Å². The normalized spacial score (nSPS) is 30.5. The lowest BCUT2D eigenvalue weighted by molar-refractivity contribution is -0.132. The molecule has 5 heteroatoms. The Morgan fingerprint density at radius 2 is 2.00 bits per heavy atom. The van der Waals surface area contributed by atoms with Crippen molar-refractivity contribution in [3.05, 3.63) is 0 Å². The van der Waals surface area contributed by atoms with Crippen LogP contribution >= 0.6 is 24.2 Å². The summed E-state index contributed by atoms with van der Waals surface area (Å²) in [5.41, 5.74) is 6.38. The molecule has 2 rings (SSSR count). The molecule has 0 radical (unpaired) electrons. The van der Waals surface area contributed by atoms with Crippen LogP contribution in [0, 0.1) is 17.3 Å². The Morgan fingerprint density at radius 1 is 1.47 bits per heavy atom. The molecule has 1 aliphatic carbocycles. The minimum atomic E-state index is -0.284. The molecule has 3 nitrogen and oxygen atoms in total. The molecule has 1 saturated carbocycles. The molecule has 1 aliphatic heterocycles. The number of nitrogens with two attached hydrogens (primary N) is 1. The van der Waals surface area contributed by atoms with Gasteiger partial charge in [-0.15, -0.1) is 12.4 Å². The maximum Gasteiger partial charge on any atom is 0.239 e. The van der Waals surface area contributed by atoms with E-state index in [0.717, 1.165) is 37.1 Å². The number of hydrogen-bond acceptors (Lipinski definition) is 3. The van der Waals surface area contributed by atoms with E-state index in [9.17, 15) is 4.79 Å². The number of hydrogen-bond donors (Lipinski definition) is 1. The van der Waals surface area contributed by atoms with Gasteiger partial charge in [-0.2, -0.15) is 11.8 Å². The van der Waals surface area contributed by atoms with Crippen LogP contribution in [0.2, 0.25) is 0 Å². The lowest BCUT2D eigenvalue weighted by atomic mass is 10.1. The van der Waals surface area contributed by atoms with E-state index in [0.29, 0.717) is 5.41 Å². The second-order valence-corrected chi connectivity index (χ2v) is 6.65. The Hall–Kier alpha value is 0.0700. The van der Waals surface area contributed by atoms with Gasteiger partial charge in [0.05, 0.1) is 6.04 Å². The van der Waals surface area contributed by atoms with Crippen LogP contribution in [-0.4, -0.2) is 41.9 Å². The van der Waals surface area contributed by atoms with Gasteiger partial charge in [-0.25, -0.2) is 0 Å². The third-order valence-electron chi connectivity index (χ3n) is 4.38. The van der Waals surface area contributed by atoms with Crippen LogP contribution in [0.25, 0.3) is 0 Å². The predicted molar refractivity (Wildman–Crippen MR) is 75.6 cm³/mol. The number of fused-ring (bicyclic) bond motifs is 1. The molecule has 1 saturated heterocycles. The molecule has 17 heavy (non-hydrogen) atoms. The topological polar surface area (TPSA) is 46.3 Å². The smallest absolute Gasteiger partial charge is 0.239 e. The van der Waals surface area contributed by atoms with E-state index >= 15 is 0 Å². The van der Waals surface area contributed by atoms with Crippen LogP contribution in [0.3, 0.4) is 0 Å². The highest BCUT2D eigenvalue weighted by atomic mass is 35.5. The summed E-state index contributed by atoms with van der Waals surface area (Å²) >= 11 is 1.75. The maximum absolute atomic E-state index is 12.0. The summed E-state index contributed by atoms with van der Waals surface area (Å²) in [4.78, 5) is 14.0. The van der Waals surface area contributed by atoms with Crippen molar-refractivity contribution in [1.82, 2.24) is 4.90 Å². The number of piperidine rings is 1. The van der Waals surface area contributed by atoms with Gasteiger partial charge in [0.15, 0.2) is 0 Å². The van der Waals surface area contributed by atoms with Crippen molar-refractivity contribution in [3.8, 4) is 0 Å². The average Bonchev–Trinajstić information content (AvgIpc) is 2.69. The van der Waals surface area contributed by atoms with Gasteiger partial charge in [-0.05, 0) is 35.7 Å². The van der Waals surface area contributed by atoms with Gasteiger partial charge in [0, 0.05) is 13.1 Å². The third kappa shape index (κ3) is 2.74. The zero-order valence-corrected chi connectivity index (χ0v) is 12.4. The van der Waals surface area contributed by atoms with Gasteiger partial charge in [-0.1, -0.05) is 13.8 Å². The number of likely N-dealkylation sites (tertiary alicyclic amines) is 1. The minimum Gasteiger partial charge on any atom is -0.341 e. The zero-order chi connectivity index (χ0) is 11.9. The summed E-state index contributed by atoms with van der Waals surface area (Å²) in [5.74, 6) is 2.59. The second-order valence-electron chi connectivity index (χ2n) is 5.67. The van der Waals surface area contributed by atoms with Crippen LogP contribution in [0.15, 0.2) is 0 Å². The van der Waals surface area contributed by atoms with Crippen LogP contribution < -0.4 is 5.73 Å². The van der Waals surface area contributed by atoms with Gasteiger partial charge in [0.25, 0.3) is 0 Å². The van der Waals surface area contributed by atoms with Crippen molar-refractivity contribution in [3.63, 3.8) is 0 Å². The van der Waals surface area contributed by atoms with Gasteiger partial charge < -0.3 is 10.6 Å². The Balaban J connectivity index is 0.00000144. The molecule has 0 aromatic carbocycles. The molecule has 0 bridgehead atoms. The van der Waals surface area contributed by atoms with E-state index in [4.69, 9.17) is 5.73 Å². The number of carbonyl (C=O) groups excluding carboxylic acids is 1. The summed E-state index contributed by atoms with van der Waals surface area (Å²) in [5, 5.41) is 0. The zero-order valence-electron chi connectivity index (χ0n) is 10.8. The summed E-state index contributed by atoms with van der Waals surface area (Å²) in [6.07, 6.45) is 2.85. The number of nitrogens with zero attached hydrogens (tertiary/aromatic N) is 1. The molecule has 0 spiro atoms. The van der Waals surface area contributed by atoms with Crippen molar-refractivity contribution in [1.29, 1.82) is 0 Å². The molecule has 2 unspecified atom stereocenters. The second kappa shape index (κ2) is 5.37. The third-order valence-corrected chi connectivity index (χ3v) is 5.03. The van der Waals surface area contributed by atoms with E-state index in [2.05, 4.69) is 13.8 Å². The van der Waals surface area contributed by atoms with Gasteiger partial charge >= 0.3 is 0 Å². The average molecular weight is 279 g/mol. The molecule has 100 valence electrons. The van der Waals surface area contributed by atoms with Crippen LogP contribution in [0.5, 0.6) is 0 Å². The lowest BCUT2D eigenvalue weighted by Crippen LogP contribution is -2.44. The monoisotopic (exact) mass is 278 g/mol. The first-order valence-electron chi connectivity index (χ1n) is 6.01. The number of rotatable bonds is 4. The summed E-state index contributed by atoms with van der Waals surface area (Å²) in [7, 11) is 0. The lowest BCUT2D eigenvalue weighted by Gasteiger charge is -2.25. The molecular formula is C12H23ClN2OS. The van der Waals surface area contributed by atoms with Crippen molar-refractivity contribution in [2.75, 3.05) is 25.1 Å². The Bertz CT molecular complexity index is 284.